The SMILES string of the molecule is CC(C(=O)NC1CCCC1)N(Cc1ccc(Cl)cc1)C(=O)CCCN(c1ccc(F)c(F)c1)S(C)(=O)=O. The largest absolute Gasteiger partial charge is 0.352 e. The van der Waals surface area contributed by atoms with Gasteiger partial charge in [-0.15, -0.1) is 0 Å². The highest BCUT2D eigenvalue weighted by atomic mass is 35.5. The zero-order valence-electron chi connectivity index (χ0n) is 20.9. The van der Waals surface area contributed by atoms with Gasteiger partial charge in [-0.1, -0.05) is 36.6 Å². The monoisotopic (exact) mass is 555 g/mol. The fraction of sp³-hybridized carbons (Fsp3) is 0.462. The lowest BCUT2D eigenvalue weighted by Crippen LogP contribution is -2.49. The minimum Gasteiger partial charge on any atom is -0.352 e. The highest BCUT2D eigenvalue weighted by Gasteiger charge is 2.29. The van der Waals surface area contributed by atoms with Crippen LogP contribution < -0.4 is 9.62 Å². The van der Waals surface area contributed by atoms with Crippen molar-refractivity contribution < 1.29 is 26.8 Å². The van der Waals surface area contributed by atoms with Gasteiger partial charge in [-0.3, -0.25) is 13.9 Å². The summed E-state index contributed by atoms with van der Waals surface area (Å²) in [4.78, 5) is 27.7. The van der Waals surface area contributed by atoms with Crippen molar-refractivity contribution in [2.75, 3.05) is 17.1 Å². The third-order valence-electron chi connectivity index (χ3n) is 6.48. The fourth-order valence-electron chi connectivity index (χ4n) is 4.41. The van der Waals surface area contributed by atoms with E-state index in [-0.39, 0.29) is 49.5 Å². The van der Waals surface area contributed by atoms with Gasteiger partial charge in [0.15, 0.2) is 11.6 Å². The van der Waals surface area contributed by atoms with Gasteiger partial charge < -0.3 is 10.2 Å². The van der Waals surface area contributed by atoms with E-state index < -0.39 is 27.7 Å². The number of hydrogen-bond acceptors (Lipinski definition) is 4. The van der Waals surface area contributed by atoms with Gasteiger partial charge >= 0.3 is 0 Å². The summed E-state index contributed by atoms with van der Waals surface area (Å²) in [6, 6.07) is 9.14. The Hall–Kier alpha value is -2.72. The highest BCUT2D eigenvalue weighted by Crippen LogP contribution is 2.22. The van der Waals surface area contributed by atoms with Crippen LogP contribution in [0.1, 0.15) is 51.0 Å². The zero-order valence-corrected chi connectivity index (χ0v) is 22.5. The molecule has 1 fully saturated rings. The van der Waals surface area contributed by atoms with Gasteiger partial charge in [0, 0.05) is 36.6 Å². The lowest BCUT2D eigenvalue weighted by Gasteiger charge is -2.30. The maximum atomic E-state index is 13.7. The summed E-state index contributed by atoms with van der Waals surface area (Å²) in [5.41, 5.74) is 0.758. The lowest BCUT2D eigenvalue weighted by molar-refractivity contribution is -0.141. The molecule has 0 aromatic heterocycles. The Morgan fingerprint density at radius 3 is 2.32 bits per heavy atom. The van der Waals surface area contributed by atoms with E-state index >= 15 is 0 Å². The summed E-state index contributed by atoms with van der Waals surface area (Å²) in [5.74, 6) is -2.83. The summed E-state index contributed by atoms with van der Waals surface area (Å²) in [6.07, 6.45) is 4.95. The average molecular weight is 556 g/mol. The van der Waals surface area contributed by atoms with Crippen molar-refractivity contribution in [3.8, 4) is 0 Å². The molecule has 7 nitrogen and oxygen atoms in total. The number of benzene rings is 2. The van der Waals surface area contributed by atoms with Crippen molar-refractivity contribution in [2.45, 2.75) is 64.1 Å². The predicted octanol–water partition coefficient (Wildman–Crippen LogP) is 4.64. The number of amides is 2. The summed E-state index contributed by atoms with van der Waals surface area (Å²) in [5, 5.41) is 3.57. The van der Waals surface area contributed by atoms with Gasteiger partial charge in [0.25, 0.3) is 0 Å². The molecule has 1 saturated carbocycles. The fourth-order valence-corrected chi connectivity index (χ4v) is 5.49. The molecule has 0 heterocycles. The molecular formula is C26H32ClF2N3O4S. The van der Waals surface area contributed by atoms with Crippen LogP contribution in [-0.4, -0.2) is 50.0 Å². The molecule has 1 N–H and O–H groups in total. The predicted molar refractivity (Wildman–Crippen MR) is 140 cm³/mol. The molecule has 37 heavy (non-hydrogen) atoms. The maximum Gasteiger partial charge on any atom is 0.242 e. The number of halogens is 3. The third-order valence-corrected chi connectivity index (χ3v) is 7.92. The van der Waals surface area contributed by atoms with E-state index in [9.17, 15) is 26.8 Å². The van der Waals surface area contributed by atoms with Crippen LogP contribution in [0.4, 0.5) is 14.5 Å². The smallest absolute Gasteiger partial charge is 0.242 e. The van der Waals surface area contributed by atoms with E-state index in [0.717, 1.165) is 53.9 Å². The number of hydrogen-bond donors (Lipinski definition) is 1. The number of carbonyl (C=O) groups is 2. The van der Waals surface area contributed by atoms with E-state index in [4.69, 9.17) is 11.6 Å². The van der Waals surface area contributed by atoms with Gasteiger partial charge in [0.05, 0.1) is 11.9 Å². The Morgan fingerprint density at radius 2 is 1.73 bits per heavy atom. The standard InChI is InChI=1S/C26H32ClF2N3O4S/c1-18(26(34)30-21-6-3-4-7-21)31(17-19-9-11-20(27)12-10-19)25(33)8-5-15-32(37(2,35)36)22-13-14-23(28)24(29)16-22/h9-14,16,18,21H,3-8,15,17H2,1-2H3,(H,30,34). The Bertz CT molecular complexity index is 1200. The molecule has 0 spiro atoms. The molecule has 0 radical (unpaired) electrons. The van der Waals surface area contributed by atoms with E-state index in [2.05, 4.69) is 5.32 Å². The first-order valence-corrected chi connectivity index (χ1v) is 14.5. The molecule has 1 atom stereocenters. The van der Waals surface area contributed by atoms with Gasteiger partial charge in [0.2, 0.25) is 21.8 Å². The van der Waals surface area contributed by atoms with Crippen molar-refractivity contribution in [1.82, 2.24) is 10.2 Å². The van der Waals surface area contributed by atoms with E-state index in [0.29, 0.717) is 5.02 Å². The second-order valence-electron chi connectivity index (χ2n) is 9.35. The number of carbonyl (C=O) groups excluding carboxylic acids is 2. The van der Waals surface area contributed by atoms with Crippen molar-refractivity contribution in [3.63, 3.8) is 0 Å². The van der Waals surface area contributed by atoms with Crippen molar-refractivity contribution in [3.05, 3.63) is 64.7 Å². The molecule has 1 aliphatic rings. The minimum atomic E-state index is -3.82. The first-order valence-electron chi connectivity index (χ1n) is 12.2. The van der Waals surface area contributed by atoms with E-state index in [1.807, 2.05) is 0 Å². The second kappa shape index (κ2) is 12.7. The van der Waals surface area contributed by atoms with Crippen molar-refractivity contribution >= 4 is 39.1 Å². The summed E-state index contributed by atoms with van der Waals surface area (Å²) >= 11 is 5.98. The summed E-state index contributed by atoms with van der Waals surface area (Å²) in [7, 11) is -3.82. The molecule has 3 rings (SSSR count). The molecule has 0 bridgehead atoms. The van der Waals surface area contributed by atoms with E-state index in [1.165, 1.54) is 11.0 Å². The van der Waals surface area contributed by atoms with Crippen LogP contribution >= 0.6 is 11.6 Å². The Kier molecular flexibility index (Phi) is 9.89. The van der Waals surface area contributed by atoms with Crippen LogP contribution in [0.3, 0.4) is 0 Å². The minimum absolute atomic E-state index is 0.0313. The van der Waals surface area contributed by atoms with Crippen LogP contribution in [0.15, 0.2) is 42.5 Å². The zero-order chi connectivity index (χ0) is 27.2. The normalized spacial score (nSPS) is 14.8. The Labute approximate surface area is 221 Å². The van der Waals surface area contributed by atoms with Crippen LogP contribution in [0, 0.1) is 11.6 Å². The highest BCUT2D eigenvalue weighted by molar-refractivity contribution is 7.92. The first-order chi connectivity index (χ1) is 17.5. The molecule has 202 valence electrons. The lowest BCUT2D eigenvalue weighted by atomic mass is 10.1. The van der Waals surface area contributed by atoms with Gasteiger partial charge in [0.1, 0.15) is 6.04 Å². The van der Waals surface area contributed by atoms with Gasteiger partial charge in [-0.2, -0.15) is 0 Å². The van der Waals surface area contributed by atoms with Crippen molar-refractivity contribution in [2.24, 2.45) is 0 Å². The molecule has 2 amide bonds. The van der Waals surface area contributed by atoms with Crippen molar-refractivity contribution in [1.29, 1.82) is 0 Å². The summed E-state index contributed by atoms with van der Waals surface area (Å²) < 4.78 is 52.6. The van der Waals surface area contributed by atoms with Gasteiger partial charge in [-0.05, 0) is 56.0 Å². The average Bonchev–Trinajstić information content (AvgIpc) is 3.35. The topological polar surface area (TPSA) is 86.8 Å². The number of nitrogens with one attached hydrogen (secondary N) is 1. The van der Waals surface area contributed by atoms with Crippen LogP contribution in [0.5, 0.6) is 0 Å². The number of anilines is 1. The first kappa shape index (κ1) is 28.8. The quantitative estimate of drug-likeness (QED) is 0.437. The number of sulfonamides is 1. The van der Waals surface area contributed by atoms with E-state index in [1.54, 1.807) is 31.2 Å². The second-order valence-corrected chi connectivity index (χ2v) is 11.7. The number of rotatable bonds is 11. The van der Waals surface area contributed by atoms with Crippen LogP contribution in [0.2, 0.25) is 5.02 Å². The molecule has 0 saturated heterocycles. The number of nitrogens with zero attached hydrogens (tertiary/aromatic N) is 2. The Morgan fingerprint density at radius 1 is 1.08 bits per heavy atom. The third kappa shape index (κ3) is 8.13. The molecule has 1 unspecified atom stereocenters. The molecular weight excluding hydrogens is 524 g/mol. The molecule has 11 heteroatoms. The molecule has 1 aliphatic carbocycles. The summed E-state index contributed by atoms with van der Waals surface area (Å²) in [6.45, 7) is 1.73. The van der Waals surface area contributed by atoms with Crippen LogP contribution in [-0.2, 0) is 26.2 Å². The molecule has 2 aromatic rings. The van der Waals surface area contributed by atoms with Gasteiger partial charge in [-0.25, -0.2) is 17.2 Å². The molecule has 0 aliphatic heterocycles. The molecule has 2 aromatic carbocycles. The Balaban J connectivity index is 1.72. The maximum absolute atomic E-state index is 13.7. The van der Waals surface area contributed by atoms with Crippen LogP contribution in [0.25, 0.3) is 0 Å².